The Labute approximate surface area is 172 Å². The predicted octanol–water partition coefficient (Wildman–Crippen LogP) is 4.57. The van der Waals surface area contributed by atoms with Gasteiger partial charge in [0, 0.05) is 23.4 Å². The summed E-state index contributed by atoms with van der Waals surface area (Å²) < 4.78 is 3.97. The van der Waals surface area contributed by atoms with E-state index in [1.54, 1.807) is 0 Å². The topological polar surface area (TPSA) is 60.4 Å². The summed E-state index contributed by atoms with van der Waals surface area (Å²) in [5.74, 6) is 0. The van der Waals surface area contributed by atoms with E-state index in [4.69, 9.17) is 15.1 Å². The Hall–Kier alpha value is -2.76. The minimum absolute atomic E-state index is 0.0117. The molecule has 0 unspecified atom stereocenters. The molecule has 0 radical (unpaired) electrons. The van der Waals surface area contributed by atoms with Crippen molar-refractivity contribution >= 4 is 11.3 Å². The van der Waals surface area contributed by atoms with Crippen LogP contribution in [-0.4, -0.2) is 29.2 Å². The highest BCUT2D eigenvalue weighted by atomic mass is 15.3. The van der Waals surface area contributed by atoms with Crippen LogP contribution in [0.4, 0.5) is 0 Å². The van der Waals surface area contributed by atoms with Crippen molar-refractivity contribution in [3.8, 4) is 0 Å². The molecule has 29 heavy (non-hydrogen) atoms. The summed E-state index contributed by atoms with van der Waals surface area (Å²) in [5, 5.41) is 9.32. The molecule has 4 heterocycles. The molecule has 0 saturated heterocycles. The second-order valence-electron chi connectivity index (χ2n) is 10.0. The molecule has 0 atom stereocenters. The van der Waals surface area contributed by atoms with E-state index in [-0.39, 0.29) is 10.8 Å². The van der Waals surface area contributed by atoms with E-state index in [1.807, 2.05) is 27.5 Å². The fourth-order valence-electron chi connectivity index (χ4n) is 4.22. The molecule has 4 rings (SSSR count). The highest BCUT2D eigenvalue weighted by Gasteiger charge is 2.27. The lowest BCUT2D eigenvalue weighted by Gasteiger charge is -2.20. The highest BCUT2D eigenvalue weighted by Crippen LogP contribution is 2.30. The molecule has 0 N–H and O–H groups in total. The van der Waals surface area contributed by atoms with Crippen LogP contribution < -0.4 is 0 Å². The lowest BCUT2D eigenvalue weighted by atomic mass is 9.89. The standard InChI is InChI=1S/C23H30N6/c1-14-9-10-24-29-20(23(6,7)8)17(27-21(14)29)11-16-12-18-26-15(2)19(22(3,4)5)28(18)25-13-16/h9-10,12-13H,11H2,1-8H3. The summed E-state index contributed by atoms with van der Waals surface area (Å²) in [4.78, 5) is 9.73. The molecule has 0 saturated carbocycles. The van der Waals surface area contributed by atoms with Crippen LogP contribution in [-0.2, 0) is 17.3 Å². The number of hydrogen-bond donors (Lipinski definition) is 0. The van der Waals surface area contributed by atoms with E-state index in [0.29, 0.717) is 6.42 Å². The number of aromatic nitrogens is 6. The quantitative estimate of drug-likeness (QED) is 0.503. The van der Waals surface area contributed by atoms with Gasteiger partial charge in [-0.3, -0.25) is 0 Å². The maximum atomic E-state index is 4.96. The summed E-state index contributed by atoms with van der Waals surface area (Å²) >= 11 is 0. The van der Waals surface area contributed by atoms with Crippen molar-refractivity contribution in [3.05, 3.63) is 58.4 Å². The monoisotopic (exact) mass is 390 g/mol. The summed E-state index contributed by atoms with van der Waals surface area (Å²) in [5.41, 5.74) is 8.34. The molecule has 0 aliphatic carbocycles. The fraction of sp³-hybridized carbons (Fsp3) is 0.478. The van der Waals surface area contributed by atoms with Crippen molar-refractivity contribution in [3.63, 3.8) is 0 Å². The first kappa shape index (κ1) is 19.6. The number of rotatable bonds is 2. The molecule has 0 aliphatic heterocycles. The Morgan fingerprint density at radius 2 is 1.55 bits per heavy atom. The van der Waals surface area contributed by atoms with Crippen LogP contribution in [0.5, 0.6) is 0 Å². The Kier molecular flexibility index (Phi) is 4.30. The SMILES string of the molecule is Cc1nc2cc(Cc3nc4c(C)ccnn4c3C(C)(C)C)cnn2c1C(C)(C)C. The van der Waals surface area contributed by atoms with Crippen LogP contribution in [0.2, 0.25) is 0 Å². The van der Waals surface area contributed by atoms with Gasteiger partial charge in [0.15, 0.2) is 11.3 Å². The molecule has 0 aliphatic rings. The number of imidazole rings is 2. The molecular formula is C23H30N6. The number of hydrogen-bond acceptors (Lipinski definition) is 4. The largest absolute Gasteiger partial charge is 0.232 e. The predicted molar refractivity (Wildman–Crippen MR) is 116 cm³/mol. The van der Waals surface area contributed by atoms with Gasteiger partial charge in [-0.2, -0.15) is 10.2 Å². The fourth-order valence-corrected chi connectivity index (χ4v) is 4.22. The Balaban J connectivity index is 1.83. The molecule has 152 valence electrons. The molecule has 0 aromatic carbocycles. The van der Waals surface area contributed by atoms with Crippen molar-refractivity contribution < 1.29 is 0 Å². The number of aryl methyl sites for hydroxylation is 2. The van der Waals surface area contributed by atoms with Gasteiger partial charge in [0.25, 0.3) is 0 Å². The molecule has 0 bridgehead atoms. The Bertz CT molecular complexity index is 1210. The molecular weight excluding hydrogens is 360 g/mol. The molecule has 6 heteroatoms. The average Bonchev–Trinajstić information content (AvgIpc) is 3.11. The summed E-state index contributed by atoms with van der Waals surface area (Å²) in [6, 6.07) is 4.14. The molecule has 0 fully saturated rings. The van der Waals surface area contributed by atoms with Crippen LogP contribution in [0.25, 0.3) is 11.3 Å². The van der Waals surface area contributed by atoms with E-state index < -0.39 is 0 Å². The van der Waals surface area contributed by atoms with Gasteiger partial charge in [0.2, 0.25) is 0 Å². The highest BCUT2D eigenvalue weighted by molar-refractivity contribution is 5.51. The summed E-state index contributed by atoms with van der Waals surface area (Å²) in [6.07, 6.45) is 4.49. The number of fused-ring (bicyclic) bond motifs is 2. The van der Waals surface area contributed by atoms with Crippen molar-refractivity contribution in [2.45, 2.75) is 72.6 Å². The first-order valence-corrected chi connectivity index (χ1v) is 10.2. The average molecular weight is 391 g/mol. The van der Waals surface area contributed by atoms with Gasteiger partial charge in [-0.1, -0.05) is 41.5 Å². The third-order valence-electron chi connectivity index (χ3n) is 5.29. The molecule has 4 aromatic rings. The molecule has 0 spiro atoms. The van der Waals surface area contributed by atoms with Gasteiger partial charge in [0.05, 0.1) is 29.0 Å². The van der Waals surface area contributed by atoms with Crippen LogP contribution in [0.15, 0.2) is 24.5 Å². The van der Waals surface area contributed by atoms with Crippen LogP contribution in [0, 0.1) is 13.8 Å². The van der Waals surface area contributed by atoms with E-state index in [0.717, 1.165) is 45.2 Å². The third-order valence-corrected chi connectivity index (χ3v) is 5.29. The van der Waals surface area contributed by atoms with Crippen LogP contribution >= 0.6 is 0 Å². The van der Waals surface area contributed by atoms with Gasteiger partial charge in [-0.15, -0.1) is 0 Å². The van der Waals surface area contributed by atoms with Gasteiger partial charge in [-0.05, 0) is 37.1 Å². The van der Waals surface area contributed by atoms with Gasteiger partial charge < -0.3 is 0 Å². The molecule has 0 amide bonds. The van der Waals surface area contributed by atoms with Crippen LogP contribution in [0.3, 0.4) is 0 Å². The second kappa shape index (κ2) is 6.37. The second-order valence-corrected chi connectivity index (χ2v) is 10.0. The van der Waals surface area contributed by atoms with E-state index in [2.05, 4.69) is 66.6 Å². The van der Waals surface area contributed by atoms with Crippen molar-refractivity contribution in [1.82, 2.24) is 29.2 Å². The zero-order chi connectivity index (χ0) is 21.1. The number of nitrogens with zero attached hydrogens (tertiary/aromatic N) is 6. The summed E-state index contributed by atoms with van der Waals surface area (Å²) in [7, 11) is 0. The summed E-state index contributed by atoms with van der Waals surface area (Å²) in [6.45, 7) is 17.3. The van der Waals surface area contributed by atoms with Crippen molar-refractivity contribution in [2.75, 3.05) is 0 Å². The smallest absolute Gasteiger partial charge is 0.157 e. The molecule has 4 aromatic heterocycles. The Morgan fingerprint density at radius 1 is 0.862 bits per heavy atom. The van der Waals surface area contributed by atoms with E-state index >= 15 is 0 Å². The zero-order valence-corrected chi connectivity index (χ0v) is 18.7. The maximum Gasteiger partial charge on any atom is 0.157 e. The van der Waals surface area contributed by atoms with E-state index in [1.165, 1.54) is 0 Å². The third kappa shape index (κ3) is 3.30. The zero-order valence-electron chi connectivity index (χ0n) is 18.7. The van der Waals surface area contributed by atoms with Gasteiger partial charge in [-0.25, -0.2) is 19.0 Å². The minimum atomic E-state index is -0.0730. The Morgan fingerprint density at radius 3 is 2.21 bits per heavy atom. The maximum absolute atomic E-state index is 4.96. The first-order chi connectivity index (χ1) is 13.5. The van der Waals surface area contributed by atoms with Crippen molar-refractivity contribution in [2.24, 2.45) is 0 Å². The lowest BCUT2D eigenvalue weighted by Crippen LogP contribution is -2.18. The van der Waals surface area contributed by atoms with Crippen LogP contribution in [0.1, 0.15) is 75.4 Å². The minimum Gasteiger partial charge on any atom is -0.232 e. The van der Waals surface area contributed by atoms with Gasteiger partial charge in [0.1, 0.15) is 0 Å². The van der Waals surface area contributed by atoms with Crippen molar-refractivity contribution in [1.29, 1.82) is 0 Å². The van der Waals surface area contributed by atoms with E-state index in [9.17, 15) is 0 Å². The molecule has 6 nitrogen and oxygen atoms in total. The van der Waals surface area contributed by atoms with Gasteiger partial charge >= 0.3 is 0 Å². The normalized spacial score (nSPS) is 13.0. The lowest BCUT2D eigenvalue weighted by molar-refractivity contribution is 0.543. The first-order valence-electron chi connectivity index (χ1n) is 10.2.